The van der Waals surface area contributed by atoms with E-state index >= 15 is 0 Å². The molecule has 3 nitrogen and oxygen atoms in total. The van der Waals surface area contributed by atoms with E-state index in [1.807, 2.05) is 28.3 Å². The number of carbonyl (C=O) groups excluding carboxylic acids is 1. The summed E-state index contributed by atoms with van der Waals surface area (Å²) in [5, 5.41) is 2.00. The first kappa shape index (κ1) is 10.1. The number of aromatic nitrogens is 2. The van der Waals surface area contributed by atoms with Crippen LogP contribution in [0.25, 0.3) is 0 Å². The Bertz CT molecular complexity index is 406. The molecule has 15 heavy (non-hydrogen) atoms. The van der Waals surface area contributed by atoms with Gasteiger partial charge in [-0.25, -0.2) is 4.98 Å². The van der Waals surface area contributed by atoms with Crippen LogP contribution in [0.1, 0.15) is 11.3 Å². The Hall–Kier alpha value is -1.42. The van der Waals surface area contributed by atoms with Gasteiger partial charge in [-0.2, -0.15) is 0 Å². The summed E-state index contributed by atoms with van der Waals surface area (Å²) in [7, 11) is 0. The molecule has 0 bridgehead atoms. The van der Waals surface area contributed by atoms with Crippen molar-refractivity contribution in [3.05, 3.63) is 41.1 Å². The Kier molecular flexibility index (Phi) is 3.29. The molecule has 0 aromatic carbocycles. The van der Waals surface area contributed by atoms with Gasteiger partial charge in [0.25, 0.3) is 0 Å². The van der Waals surface area contributed by atoms with Crippen molar-refractivity contribution in [3.8, 4) is 0 Å². The zero-order valence-electron chi connectivity index (χ0n) is 8.30. The number of rotatable bonds is 5. The van der Waals surface area contributed by atoms with Crippen LogP contribution in [0.15, 0.2) is 36.2 Å². The molecular formula is C11H12N2OS. The lowest BCUT2D eigenvalue weighted by atomic mass is 10.2. The van der Waals surface area contributed by atoms with Gasteiger partial charge in [-0.3, -0.25) is 4.79 Å². The normalized spacial score (nSPS) is 10.4. The minimum atomic E-state index is 0.283. The van der Waals surface area contributed by atoms with Crippen LogP contribution in [-0.2, 0) is 17.8 Å². The van der Waals surface area contributed by atoms with E-state index in [1.165, 1.54) is 0 Å². The predicted molar refractivity (Wildman–Crippen MR) is 59.9 cm³/mol. The van der Waals surface area contributed by atoms with Crippen molar-refractivity contribution < 1.29 is 4.79 Å². The van der Waals surface area contributed by atoms with Crippen LogP contribution in [0.4, 0.5) is 0 Å². The summed E-state index contributed by atoms with van der Waals surface area (Å²) < 4.78 is 1.92. The number of nitrogens with zero attached hydrogens (tertiary/aromatic N) is 2. The molecule has 0 spiro atoms. The molecule has 4 heteroatoms. The Labute approximate surface area is 92.4 Å². The smallest absolute Gasteiger partial charge is 0.139 e. The van der Waals surface area contributed by atoms with Crippen molar-refractivity contribution in [1.82, 2.24) is 9.55 Å². The largest absolute Gasteiger partial charge is 0.337 e. The number of thiophene rings is 1. The summed E-state index contributed by atoms with van der Waals surface area (Å²) in [5.74, 6) is 0.283. The van der Waals surface area contributed by atoms with E-state index in [-0.39, 0.29) is 5.78 Å². The van der Waals surface area contributed by atoms with Gasteiger partial charge in [0.2, 0.25) is 0 Å². The Morgan fingerprint density at radius 1 is 1.53 bits per heavy atom. The van der Waals surface area contributed by atoms with E-state index in [1.54, 1.807) is 23.9 Å². The highest BCUT2D eigenvalue weighted by Crippen LogP contribution is 2.10. The maximum absolute atomic E-state index is 11.6. The third-order valence-corrected chi connectivity index (χ3v) is 3.04. The average molecular weight is 220 g/mol. The fourth-order valence-corrected chi connectivity index (χ4v) is 2.10. The predicted octanol–water partition coefficient (Wildman–Crippen LogP) is 2.15. The van der Waals surface area contributed by atoms with Gasteiger partial charge in [0.15, 0.2) is 0 Å². The summed E-state index contributed by atoms with van der Waals surface area (Å²) in [6, 6.07) is 3.98. The number of ketones is 1. The van der Waals surface area contributed by atoms with E-state index in [2.05, 4.69) is 4.98 Å². The Balaban J connectivity index is 1.78. The maximum Gasteiger partial charge on any atom is 0.139 e. The molecule has 78 valence electrons. The second-order valence-corrected chi connectivity index (χ2v) is 4.38. The van der Waals surface area contributed by atoms with E-state index in [0.29, 0.717) is 12.8 Å². The van der Waals surface area contributed by atoms with Gasteiger partial charge in [0, 0.05) is 36.7 Å². The molecule has 2 aromatic heterocycles. The minimum Gasteiger partial charge on any atom is -0.337 e. The highest BCUT2D eigenvalue weighted by atomic mass is 32.1. The molecule has 0 fully saturated rings. The Morgan fingerprint density at radius 2 is 2.47 bits per heavy atom. The molecule has 0 saturated carbocycles. The topological polar surface area (TPSA) is 34.9 Å². The van der Waals surface area contributed by atoms with Gasteiger partial charge in [-0.1, -0.05) is 6.07 Å². The second kappa shape index (κ2) is 4.89. The zero-order chi connectivity index (χ0) is 10.5. The van der Waals surface area contributed by atoms with Crippen LogP contribution in [0.2, 0.25) is 0 Å². The summed E-state index contributed by atoms with van der Waals surface area (Å²) in [4.78, 5) is 16.7. The van der Waals surface area contributed by atoms with Crippen LogP contribution in [0, 0.1) is 0 Å². The van der Waals surface area contributed by atoms with Crippen molar-refractivity contribution in [1.29, 1.82) is 0 Å². The minimum absolute atomic E-state index is 0.283. The summed E-state index contributed by atoms with van der Waals surface area (Å²) in [6.45, 7) is 0.726. The number of carbonyl (C=O) groups is 1. The van der Waals surface area contributed by atoms with Crippen molar-refractivity contribution in [3.63, 3.8) is 0 Å². The first-order chi connectivity index (χ1) is 7.34. The van der Waals surface area contributed by atoms with Crippen LogP contribution >= 0.6 is 11.3 Å². The molecule has 0 amide bonds. The van der Waals surface area contributed by atoms with Gasteiger partial charge in [-0.15, -0.1) is 11.3 Å². The lowest BCUT2D eigenvalue weighted by Crippen LogP contribution is -2.06. The molecule has 0 N–H and O–H groups in total. The molecule has 0 aliphatic carbocycles. The van der Waals surface area contributed by atoms with Gasteiger partial charge in [-0.05, 0) is 11.4 Å². The monoisotopic (exact) mass is 220 g/mol. The SMILES string of the molecule is O=C(CCn1ccnc1)Cc1cccs1. The standard InChI is InChI=1S/C11H12N2OS/c14-10(8-11-2-1-7-15-11)3-5-13-6-4-12-9-13/h1-2,4,6-7,9H,3,5,8H2. The molecular weight excluding hydrogens is 208 g/mol. The highest BCUT2D eigenvalue weighted by Gasteiger charge is 2.04. The van der Waals surface area contributed by atoms with Crippen LogP contribution in [0.5, 0.6) is 0 Å². The van der Waals surface area contributed by atoms with E-state index in [4.69, 9.17) is 0 Å². The number of imidazole rings is 1. The number of hydrogen-bond acceptors (Lipinski definition) is 3. The van der Waals surface area contributed by atoms with Gasteiger partial charge in [0.05, 0.1) is 6.33 Å². The van der Waals surface area contributed by atoms with Crippen molar-refractivity contribution in [2.45, 2.75) is 19.4 Å². The lowest BCUT2D eigenvalue weighted by Gasteiger charge is -2.00. The average Bonchev–Trinajstić information content (AvgIpc) is 2.86. The van der Waals surface area contributed by atoms with E-state index in [9.17, 15) is 4.79 Å². The zero-order valence-corrected chi connectivity index (χ0v) is 9.11. The van der Waals surface area contributed by atoms with Gasteiger partial charge in [0.1, 0.15) is 5.78 Å². The third-order valence-electron chi connectivity index (χ3n) is 2.16. The quantitative estimate of drug-likeness (QED) is 0.773. The fraction of sp³-hybridized carbons (Fsp3) is 0.273. The molecule has 0 atom stereocenters. The van der Waals surface area contributed by atoms with Crippen LogP contribution < -0.4 is 0 Å². The maximum atomic E-state index is 11.6. The molecule has 0 unspecified atom stereocenters. The lowest BCUT2D eigenvalue weighted by molar-refractivity contribution is -0.118. The van der Waals surface area contributed by atoms with E-state index < -0.39 is 0 Å². The third kappa shape index (κ3) is 3.02. The highest BCUT2D eigenvalue weighted by molar-refractivity contribution is 7.10. The van der Waals surface area contributed by atoms with E-state index in [0.717, 1.165) is 11.4 Å². The summed E-state index contributed by atoms with van der Waals surface area (Å²) in [5.41, 5.74) is 0. The summed E-state index contributed by atoms with van der Waals surface area (Å²) >= 11 is 1.63. The second-order valence-electron chi connectivity index (χ2n) is 3.35. The van der Waals surface area contributed by atoms with Crippen molar-refractivity contribution in [2.75, 3.05) is 0 Å². The summed E-state index contributed by atoms with van der Waals surface area (Å²) in [6.07, 6.45) is 6.47. The van der Waals surface area contributed by atoms with Gasteiger partial charge >= 0.3 is 0 Å². The molecule has 2 aromatic rings. The molecule has 0 aliphatic rings. The molecule has 0 radical (unpaired) electrons. The number of aryl methyl sites for hydroxylation is 1. The van der Waals surface area contributed by atoms with Crippen molar-refractivity contribution >= 4 is 17.1 Å². The van der Waals surface area contributed by atoms with Crippen LogP contribution in [0.3, 0.4) is 0 Å². The Morgan fingerprint density at radius 3 is 3.13 bits per heavy atom. The number of hydrogen-bond donors (Lipinski definition) is 0. The molecule has 2 rings (SSSR count). The fourth-order valence-electron chi connectivity index (χ4n) is 1.37. The van der Waals surface area contributed by atoms with Crippen molar-refractivity contribution in [2.24, 2.45) is 0 Å². The molecule has 0 saturated heterocycles. The first-order valence-electron chi connectivity index (χ1n) is 4.84. The molecule has 2 heterocycles. The molecule has 0 aliphatic heterocycles. The number of Topliss-reactive ketones (excluding diaryl/α,β-unsaturated/α-hetero) is 1. The van der Waals surface area contributed by atoms with Crippen LogP contribution in [-0.4, -0.2) is 15.3 Å². The van der Waals surface area contributed by atoms with Gasteiger partial charge < -0.3 is 4.57 Å². The first-order valence-corrected chi connectivity index (χ1v) is 5.72.